The summed E-state index contributed by atoms with van der Waals surface area (Å²) in [7, 11) is 0. The van der Waals surface area contributed by atoms with Crippen LogP contribution in [-0.2, 0) is 17.9 Å². The van der Waals surface area contributed by atoms with Crippen molar-refractivity contribution in [3.05, 3.63) is 24.0 Å². The van der Waals surface area contributed by atoms with E-state index in [0.717, 1.165) is 18.8 Å². The summed E-state index contributed by atoms with van der Waals surface area (Å²) in [6, 6.07) is 3.98. The number of hydrogen-bond acceptors (Lipinski definition) is 2. The molecule has 1 heterocycles. The molecular formula is C12H20N2O2. The highest BCUT2D eigenvalue weighted by Crippen LogP contribution is 2.03. The highest BCUT2D eigenvalue weighted by molar-refractivity contribution is 5.66. The third-order valence-corrected chi connectivity index (χ3v) is 2.35. The maximum atomic E-state index is 10.5. The third-order valence-electron chi connectivity index (χ3n) is 2.35. The van der Waals surface area contributed by atoms with Crippen molar-refractivity contribution in [1.29, 1.82) is 0 Å². The topological polar surface area (TPSA) is 54.3 Å². The number of carboxylic acids is 1. The molecule has 0 atom stereocenters. The summed E-state index contributed by atoms with van der Waals surface area (Å²) in [4.78, 5) is 10.5. The van der Waals surface area contributed by atoms with E-state index < -0.39 is 5.97 Å². The van der Waals surface area contributed by atoms with Crippen molar-refractivity contribution < 1.29 is 9.90 Å². The van der Waals surface area contributed by atoms with Gasteiger partial charge in [0.05, 0.1) is 6.42 Å². The Labute approximate surface area is 96.3 Å². The van der Waals surface area contributed by atoms with E-state index in [-0.39, 0.29) is 6.42 Å². The van der Waals surface area contributed by atoms with Crippen LogP contribution in [0.25, 0.3) is 0 Å². The van der Waals surface area contributed by atoms with Gasteiger partial charge in [-0.05, 0) is 24.6 Å². The fourth-order valence-electron chi connectivity index (χ4n) is 1.53. The van der Waals surface area contributed by atoms with Crippen LogP contribution in [0.2, 0.25) is 0 Å². The van der Waals surface area contributed by atoms with E-state index in [1.165, 1.54) is 0 Å². The molecular weight excluding hydrogens is 204 g/mol. The van der Waals surface area contributed by atoms with Gasteiger partial charge in [-0.3, -0.25) is 4.79 Å². The minimum Gasteiger partial charge on any atom is -0.481 e. The normalized spacial score (nSPS) is 10.9. The summed E-state index contributed by atoms with van der Waals surface area (Å²) < 4.78 is 1.99. The van der Waals surface area contributed by atoms with Gasteiger partial charge in [0.15, 0.2) is 0 Å². The second kappa shape index (κ2) is 6.33. The first kappa shape index (κ1) is 12.8. The Balaban J connectivity index is 2.40. The highest BCUT2D eigenvalue weighted by Gasteiger charge is 2.03. The first-order chi connectivity index (χ1) is 7.59. The predicted molar refractivity (Wildman–Crippen MR) is 63.2 cm³/mol. The molecule has 0 bridgehead atoms. The van der Waals surface area contributed by atoms with Crippen LogP contribution in [0.5, 0.6) is 0 Å². The number of aromatic nitrogens is 1. The Bertz CT molecular complexity index is 332. The Kier molecular flexibility index (Phi) is 5.05. The van der Waals surface area contributed by atoms with Gasteiger partial charge in [0.1, 0.15) is 0 Å². The second-order valence-electron chi connectivity index (χ2n) is 4.36. The summed E-state index contributed by atoms with van der Waals surface area (Å²) in [5.74, 6) is -0.128. The molecule has 2 N–H and O–H groups in total. The average Bonchev–Trinajstić information content (AvgIpc) is 2.62. The van der Waals surface area contributed by atoms with E-state index in [1.54, 1.807) is 0 Å². The van der Waals surface area contributed by atoms with Gasteiger partial charge in [-0.1, -0.05) is 13.8 Å². The molecule has 0 fully saturated rings. The van der Waals surface area contributed by atoms with Gasteiger partial charge in [0, 0.05) is 25.0 Å². The van der Waals surface area contributed by atoms with E-state index in [9.17, 15) is 4.79 Å². The van der Waals surface area contributed by atoms with Crippen LogP contribution in [0, 0.1) is 5.92 Å². The van der Waals surface area contributed by atoms with Crippen LogP contribution < -0.4 is 5.32 Å². The molecule has 4 nitrogen and oxygen atoms in total. The number of rotatable bonds is 7. The number of aliphatic carboxylic acids is 1. The first-order valence-electron chi connectivity index (χ1n) is 5.66. The lowest BCUT2D eigenvalue weighted by atomic mass is 10.2. The molecule has 0 unspecified atom stereocenters. The minimum absolute atomic E-state index is 0.172. The number of aryl methyl sites for hydroxylation is 1. The molecule has 90 valence electrons. The lowest BCUT2D eigenvalue weighted by Gasteiger charge is -2.10. The molecule has 4 heteroatoms. The maximum Gasteiger partial charge on any atom is 0.305 e. The summed E-state index contributed by atoms with van der Waals surface area (Å²) in [6.45, 7) is 6.64. The molecule has 0 aromatic carbocycles. The van der Waals surface area contributed by atoms with Gasteiger partial charge < -0.3 is 15.0 Å². The molecule has 0 saturated carbocycles. The van der Waals surface area contributed by atoms with E-state index >= 15 is 0 Å². The molecule has 0 spiro atoms. The lowest BCUT2D eigenvalue weighted by Crippen LogP contribution is -2.21. The number of carboxylic acid groups (broad SMARTS) is 1. The third kappa shape index (κ3) is 4.49. The first-order valence-corrected chi connectivity index (χ1v) is 5.66. The van der Waals surface area contributed by atoms with Crippen molar-refractivity contribution in [2.24, 2.45) is 5.92 Å². The van der Waals surface area contributed by atoms with Gasteiger partial charge in [-0.2, -0.15) is 0 Å². The van der Waals surface area contributed by atoms with Crippen molar-refractivity contribution in [3.8, 4) is 0 Å². The van der Waals surface area contributed by atoms with Gasteiger partial charge >= 0.3 is 5.97 Å². The molecule has 0 radical (unpaired) electrons. The van der Waals surface area contributed by atoms with E-state index in [2.05, 4.69) is 19.2 Å². The maximum absolute atomic E-state index is 10.5. The van der Waals surface area contributed by atoms with Gasteiger partial charge in [-0.25, -0.2) is 0 Å². The van der Waals surface area contributed by atoms with E-state index in [4.69, 9.17) is 5.11 Å². The van der Waals surface area contributed by atoms with E-state index in [1.807, 2.05) is 22.9 Å². The zero-order valence-electron chi connectivity index (χ0n) is 9.94. The van der Waals surface area contributed by atoms with Crippen LogP contribution in [-0.4, -0.2) is 22.2 Å². The van der Waals surface area contributed by atoms with Crippen LogP contribution in [0.4, 0.5) is 0 Å². The zero-order valence-corrected chi connectivity index (χ0v) is 9.94. The Morgan fingerprint density at radius 2 is 2.31 bits per heavy atom. The van der Waals surface area contributed by atoms with Crippen LogP contribution in [0.1, 0.15) is 26.0 Å². The lowest BCUT2D eigenvalue weighted by molar-refractivity contribution is -0.137. The van der Waals surface area contributed by atoms with Gasteiger partial charge in [0.25, 0.3) is 0 Å². The smallest absolute Gasteiger partial charge is 0.305 e. The van der Waals surface area contributed by atoms with Crippen LogP contribution in [0.3, 0.4) is 0 Å². The number of nitrogens with one attached hydrogen (secondary N) is 1. The van der Waals surface area contributed by atoms with E-state index in [0.29, 0.717) is 12.5 Å². The zero-order chi connectivity index (χ0) is 12.0. The summed E-state index contributed by atoms with van der Waals surface area (Å²) in [6.07, 6.45) is 2.10. The van der Waals surface area contributed by atoms with Crippen molar-refractivity contribution in [2.75, 3.05) is 6.54 Å². The summed E-state index contributed by atoms with van der Waals surface area (Å²) >= 11 is 0. The van der Waals surface area contributed by atoms with Crippen molar-refractivity contribution in [3.63, 3.8) is 0 Å². The van der Waals surface area contributed by atoms with Gasteiger partial charge in [-0.15, -0.1) is 0 Å². The molecule has 0 aliphatic heterocycles. The Morgan fingerprint density at radius 1 is 1.56 bits per heavy atom. The van der Waals surface area contributed by atoms with Crippen molar-refractivity contribution >= 4 is 5.97 Å². The largest absolute Gasteiger partial charge is 0.481 e. The van der Waals surface area contributed by atoms with Gasteiger partial charge in [0.2, 0.25) is 0 Å². The predicted octanol–water partition coefficient (Wildman–Crippen LogP) is 1.71. The number of nitrogens with zero attached hydrogens (tertiary/aromatic N) is 1. The summed E-state index contributed by atoms with van der Waals surface area (Å²) in [5, 5.41) is 12.0. The molecule has 1 aromatic heterocycles. The number of carbonyl (C=O) groups is 1. The fourth-order valence-corrected chi connectivity index (χ4v) is 1.53. The molecule has 0 aliphatic rings. The monoisotopic (exact) mass is 224 g/mol. The molecule has 0 saturated heterocycles. The fraction of sp³-hybridized carbons (Fsp3) is 0.583. The molecule has 16 heavy (non-hydrogen) atoms. The van der Waals surface area contributed by atoms with Crippen molar-refractivity contribution in [2.45, 2.75) is 33.4 Å². The SMILES string of the molecule is CC(C)CNCc1cccn1CCC(=O)O. The molecule has 0 aliphatic carbocycles. The molecule has 1 aromatic rings. The molecule has 1 rings (SSSR count). The minimum atomic E-state index is -0.755. The van der Waals surface area contributed by atoms with Crippen molar-refractivity contribution in [1.82, 2.24) is 9.88 Å². The quantitative estimate of drug-likeness (QED) is 0.741. The van der Waals surface area contributed by atoms with Crippen LogP contribution >= 0.6 is 0 Å². The standard InChI is InChI=1S/C12H20N2O2/c1-10(2)8-13-9-11-4-3-6-14(11)7-5-12(15)16/h3-4,6,10,13H,5,7-9H2,1-2H3,(H,15,16). The highest BCUT2D eigenvalue weighted by atomic mass is 16.4. The van der Waals surface area contributed by atoms with Crippen LogP contribution in [0.15, 0.2) is 18.3 Å². The average molecular weight is 224 g/mol. The number of hydrogen-bond donors (Lipinski definition) is 2. The second-order valence-corrected chi connectivity index (χ2v) is 4.36. The Hall–Kier alpha value is -1.29. The Morgan fingerprint density at radius 3 is 2.94 bits per heavy atom. The summed E-state index contributed by atoms with van der Waals surface area (Å²) in [5.41, 5.74) is 1.14. The molecule has 0 amide bonds.